The first-order chi connectivity index (χ1) is 11.7. The van der Waals surface area contributed by atoms with Crippen molar-refractivity contribution in [1.29, 1.82) is 0 Å². The number of rotatable bonds is 7. The number of carbonyl (C=O) groups excluding carboxylic acids is 2. The third-order valence-electron chi connectivity index (χ3n) is 3.92. The van der Waals surface area contributed by atoms with Crippen molar-refractivity contribution in [2.45, 2.75) is 12.8 Å². The van der Waals surface area contributed by atoms with E-state index in [1.54, 1.807) is 24.3 Å². The number of benzene rings is 2. The predicted octanol–water partition coefficient (Wildman–Crippen LogP) is 2.88. The molecule has 0 heterocycles. The second-order valence-corrected chi connectivity index (χ2v) is 6.00. The summed E-state index contributed by atoms with van der Waals surface area (Å²) in [6.45, 7) is 1.02. The Bertz CT molecular complexity index is 694. The van der Waals surface area contributed by atoms with Crippen molar-refractivity contribution in [3.8, 4) is 0 Å². The molecular weight excluding hydrogens is 302 g/mol. The number of hydrogen-bond acceptors (Lipinski definition) is 3. The Labute approximate surface area is 141 Å². The van der Waals surface area contributed by atoms with Gasteiger partial charge < -0.3 is 16.0 Å². The Morgan fingerprint density at radius 2 is 1.62 bits per heavy atom. The van der Waals surface area contributed by atoms with Crippen LogP contribution < -0.4 is 16.0 Å². The van der Waals surface area contributed by atoms with Crippen molar-refractivity contribution in [1.82, 2.24) is 5.32 Å². The molecule has 0 spiro atoms. The molecule has 0 atom stereocenters. The van der Waals surface area contributed by atoms with Crippen LogP contribution in [-0.2, 0) is 4.79 Å². The van der Waals surface area contributed by atoms with Gasteiger partial charge in [-0.3, -0.25) is 9.59 Å². The number of amides is 2. The number of para-hydroxylation sites is 1. The van der Waals surface area contributed by atoms with Gasteiger partial charge in [-0.25, -0.2) is 0 Å². The summed E-state index contributed by atoms with van der Waals surface area (Å²) in [5.41, 5.74) is 2.15. The zero-order chi connectivity index (χ0) is 16.8. The van der Waals surface area contributed by atoms with Crippen molar-refractivity contribution in [2.24, 2.45) is 5.92 Å². The minimum Gasteiger partial charge on any atom is -0.376 e. The Hall–Kier alpha value is -2.82. The molecule has 0 bridgehead atoms. The van der Waals surface area contributed by atoms with Gasteiger partial charge in [0.1, 0.15) is 0 Å². The van der Waals surface area contributed by atoms with E-state index in [9.17, 15) is 9.59 Å². The van der Waals surface area contributed by atoms with Gasteiger partial charge >= 0.3 is 0 Å². The lowest BCUT2D eigenvalue weighted by atomic mass is 10.2. The van der Waals surface area contributed by atoms with Crippen molar-refractivity contribution < 1.29 is 9.59 Å². The lowest BCUT2D eigenvalue weighted by molar-refractivity contribution is -0.119. The molecule has 3 N–H and O–H groups in total. The molecule has 5 heteroatoms. The van der Waals surface area contributed by atoms with E-state index in [4.69, 9.17) is 0 Å². The topological polar surface area (TPSA) is 70.2 Å². The molecule has 1 fully saturated rings. The summed E-state index contributed by atoms with van der Waals surface area (Å²) in [5.74, 6) is 0.513. The summed E-state index contributed by atoms with van der Waals surface area (Å²) in [7, 11) is 0. The monoisotopic (exact) mass is 323 g/mol. The van der Waals surface area contributed by atoms with Crippen molar-refractivity contribution in [3.05, 3.63) is 60.2 Å². The van der Waals surface area contributed by atoms with E-state index in [0.717, 1.165) is 17.9 Å². The van der Waals surface area contributed by atoms with Gasteiger partial charge in [-0.1, -0.05) is 18.2 Å². The second-order valence-electron chi connectivity index (χ2n) is 6.00. The van der Waals surface area contributed by atoms with Crippen molar-refractivity contribution in [3.63, 3.8) is 0 Å². The van der Waals surface area contributed by atoms with E-state index < -0.39 is 0 Å². The number of nitrogens with one attached hydrogen (secondary N) is 3. The SMILES string of the molecule is O=C(CNc1ccc(C(=O)Nc2ccccc2)cc1)NCC1CC1. The molecule has 0 aromatic heterocycles. The average Bonchev–Trinajstić information content (AvgIpc) is 3.44. The molecule has 124 valence electrons. The summed E-state index contributed by atoms with van der Waals surface area (Å²) in [5, 5.41) is 8.80. The van der Waals surface area contributed by atoms with Crippen LogP contribution in [0.1, 0.15) is 23.2 Å². The van der Waals surface area contributed by atoms with Crippen LogP contribution in [0.15, 0.2) is 54.6 Å². The molecule has 1 aliphatic carbocycles. The quantitative estimate of drug-likeness (QED) is 0.734. The van der Waals surface area contributed by atoms with Crippen LogP contribution in [0.2, 0.25) is 0 Å². The zero-order valence-electron chi connectivity index (χ0n) is 13.4. The van der Waals surface area contributed by atoms with Gasteiger partial charge in [0.2, 0.25) is 5.91 Å². The van der Waals surface area contributed by atoms with Gasteiger partial charge in [0.25, 0.3) is 5.91 Å². The maximum atomic E-state index is 12.2. The molecule has 1 aliphatic rings. The molecule has 0 radical (unpaired) electrons. The highest BCUT2D eigenvalue weighted by Crippen LogP contribution is 2.27. The van der Waals surface area contributed by atoms with Crippen LogP contribution in [-0.4, -0.2) is 24.9 Å². The smallest absolute Gasteiger partial charge is 0.255 e. The number of anilines is 2. The summed E-state index contributed by atoms with van der Waals surface area (Å²) in [6, 6.07) is 16.4. The highest BCUT2D eigenvalue weighted by Gasteiger charge is 2.21. The molecule has 5 nitrogen and oxygen atoms in total. The third kappa shape index (κ3) is 4.84. The van der Waals surface area contributed by atoms with Gasteiger partial charge in [0, 0.05) is 23.5 Å². The molecule has 0 aliphatic heterocycles. The van der Waals surface area contributed by atoms with Crippen LogP contribution >= 0.6 is 0 Å². The molecule has 2 aromatic carbocycles. The molecule has 0 saturated heterocycles. The van der Waals surface area contributed by atoms with Crippen molar-refractivity contribution >= 4 is 23.2 Å². The maximum absolute atomic E-state index is 12.2. The van der Waals surface area contributed by atoms with Crippen LogP contribution in [0.3, 0.4) is 0 Å². The number of hydrogen-bond donors (Lipinski definition) is 3. The predicted molar refractivity (Wildman–Crippen MR) is 95.1 cm³/mol. The van der Waals surface area contributed by atoms with Crippen LogP contribution in [0, 0.1) is 5.92 Å². The fourth-order valence-electron chi connectivity index (χ4n) is 2.29. The van der Waals surface area contributed by atoms with E-state index in [0.29, 0.717) is 11.5 Å². The van der Waals surface area contributed by atoms with Crippen molar-refractivity contribution in [2.75, 3.05) is 23.7 Å². The van der Waals surface area contributed by atoms with Crippen LogP contribution in [0.5, 0.6) is 0 Å². The summed E-state index contributed by atoms with van der Waals surface area (Å²) in [6.07, 6.45) is 2.44. The Morgan fingerprint density at radius 3 is 2.29 bits per heavy atom. The molecule has 2 amide bonds. The molecular formula is C19H21N3O2. The molecule has 3 rings (SSSR count). The zero-order valence-corrected chi connectivity index (χ0v) is 13.4. The van der Waals surface area contributed by atoms with Crippen LogP contribution in [0.4, 0.5) is 11.4 Å². The first-order valence-electron chi connectivity index (χ1n) is 8.18. The first kappa shape index (κ1) is 16.1. The van der Waals surface area contributed by atoms with E-state index >= 15 is 0 Å². The molecule has 1 saturated carbocycles. The molecule has 0 unspecified atom stereocenters. The Morgan fingerprint density at radius 1 is 0.917 bits per heavy atom. The molecule has 2 aromatic rings. The van der Waals surface area contributed by atoms with Gasteiger partial charge in [-0.2, -0.15) is 0 Å². The second kappa shape index (κ2) is 7.64. The minimum absolute atomic E-state index is 0.00667. The van der Waals surface area contributed by atoms with E-state index in [2.05, 4.69) is 16.0 Å². The Kier molecular flexibility index (Phi) is 5.11. The normalized spacial score (nSPS) is 13.2. The first-order valence-corrected chi connectivity index (χ1v) is 8.18. The molecule has 24 heavy (non-hydrogen) atoms. The lowest BCUT2D eigenvalue weighted by Gasteiger charge is -2.09. The van der Waals surface area contributed by atoms with E-state index in [-0.39, 0.29) is 18.4 Å². The van der Waals surface area contributed by atoms with Gasteiger partial charge in [0.05, 0.1) is 6.54 Å². The average molecular weight is 323 g/mol. The third-order valence-corrected chi connectivity index (χ3v) is 3.92. The van der Waals surface area contributed by atoms with Gasteiger partial charge in [0.15, 0.2) is 0 Å². The summed E-state index contributed by atoms with van der Waals surface area (Å²) in [4.78, 5) is 23.8. The minimum atomic E-state index is -0.157. The number of carbonyl (C=O) groups is 2. The maximum Gasteiger partial charge on any atom is 0.255 e. The lowest BCUT2D eigenvalue weighted by Crippen LogP contribution is -2.31. The fraction of sp³-hybridized carbons (Fsp3) is 0.263. The standard InChI is InChI=1S/C19H21N3O2/c23-18(21-12-14-6-7-14)13-20-16-10-8-15(9-11-16)19(24)22-17-4-2-1-3-5-17/h1-5,8-11,14,20H,6-7,12-13H2,(H,21,23)(H,22,24). The van der Waals surface area contributed by atoms with Gasteiger partial charge in [-0.15, -0.1) is 0 Å². The Balaban J connectivity index is 1.47. The van der Waals surface area contributed by atoms with Gasteiger partial charge in [-0.05, 0) is 55.2 Å². The highest BCUT2D eigenvalue weighted by molar-refractivity contribution is 6.04. The van der Waals surface area contributed by atoms with E-state index in [1.165, 1.54) is 12.8 Å². The summed E-state index contributed by atoms with van der Waals surface area (Å²) < 4.78 is 0. The van der Waals surface area contributed by atoms with E-state index in [1.807, 2.05) is 30.3 Å². The highest BCUT2D eigenvalue weighted by atomic mass is 16.2. The van der Waals surface area contributed by atoms with Crippen LogP contribution in [0.25, 0.3) is 0 Å². The fourth-order valence-corrected chi connectivity index (χ4v) is 2.29. The largest absolute Gasteiger partial charge is 0.376 e. The summed E-state index contributed by atoms with van der Waals surface area (Å²) >= 11 is 0.